The molecule has 24 heavy (non-hydrogen) atoms. The van der Waals surface area contributed by atoms with Crippen LogP contribution in [0.3, 0.4) is 0 Å². The first-order chi connectivity index (χ1) is 11.6. The van der Waals surface area contributed by atoms with Crippen LogP contribution in [0.1, 0.15) is 34.3 Å². The topological polar surface area (TPSA) is 49.3 Å². The van der Waals surface area contributed by atoms with E-state index in [4.69, 9.17) is 4.99 Å². The Morgan fingerprint density at radius 2 is 2.17 bits per heavy atom. The van der Waals surface area contributed by atoms with Crippen LogP contribution in [-0.4, -0.2) is 30.6 Å². The lowest BCUT2D eigenvalue weighted by molar-refractivity contribution is 0.595. The monoisotopic (exact) mass is 364 g/mol. The SMILES string of the molecule is CCNC(=NCC(C)Cc1cccs1)NCCc1nc(C)c(C)s1. The van der Waals surface area contributed by atoms with Gasteiger partial charge in [0.25, 0.3) is 0 Å². The van der Waals surface area contributed by atoms with Crippen molar-refractivity contribution in [3.63, 3.8) is 0 Å². The number of aromatic nitrogens is 1. The van der Waals surface area contributed by atoms with Gasteiger partial charge >= 0.3 is 0 Å². The second-order valence-corrected chi connectivity index (χ2v) is 8.35. The van der Waals surface area contributed by atoms with Crippen LogP contribution >= 0.6 is 22.7 Å². The van der Waals surface area contributed by atoms with Gasteiger partial charge in [0.15, 0.2) is 5.96 Å². The van der Waals surface area contributed by atoms with E-state index < -0.39 is 0 Å². The highest BCUT2D eigenvalue weighted by Gasteiger charge is 2.06. The van der Waals surface area contributed by atoms with Crippen molar-refractivity contribution in [2.75, 3.05) is 19.6 Å². The number of nitrogens with one attached hydrogen (secondary N) is 2. The largest absolute Gasteiger partial charge is 0.357 e. The molecule has 0 bridgehead atoms. The summed E-state index contributed by atoms with van der Waals surface area (Å²) >= 11 is 3.61. The molecular formula is C18H28N4S2. The number of aliphatic imine (C=N–C) groups is 1. The van der Waals surface area contributed by atoms with E-state index in [1.807, 2.05) is 11.3 Å². The van der Waals surface area contributed by atoms with Gasteiger partial charge in [-0.1, -0.05) is 13.0 Å². The molecule has 2 rings (SSSR count). The molecule has 0 fully saturated rings. The van der Waals surface area contributed by atoms with Crippen LogP contribution in [0.15, 0.2) is 22.5 Å². The first-order valence-electron chi connectivity index (χ1n) is 8.56. The zero-order valence-corrected chi connectivity index (χ0v) is 16.7. The molecule has 2 N–H and O–H groups in total. The molecule has 2 aromatic rings. The summed E-state index contributed by atoms with van der Waals surface area (Å²) in [4.78, 5) is 12.1. The van der Waals surface area contributed by atoms with Crippen LogP contribution in [-0.2, 0) is 12.8 Å². The van der Waals surface area contributed by atoms with E-state index in [9.17, 15) is 0 Å². The maximum atomic E-state index is 4.73. The zero-order chi connectivity index (χ0) is 17.4. The first kappa shape index (κ1) is 18.9. The fourth-order valence-electron chi connectivity index (χ4n) is 2.36. The molecular weight excluding hydrogens is 336 g/mol. The second kappa shape index (κ2) is 9.79. The van der Waals surface area contributed by atoms with Crippen molar-refractivity contribution in [2.45, 2.75) is 40.5 Å². The van der Waals surface area contributed by atoms with Gasteiger partial charge in [-0.05, 0) is 44.6 Å². The van der Waals surface area contributed by atoms with Gasteiger partial charge in [0, 0.05) is 35.8 Å². The summed E-state index contributed by atoms with van der Waals surface area (Å²) in [5.74, 6) is 1.45. The van der Waals surface area contributed by atoms with Gasteiger partial charge in [-0.25, -0.2) is 4.98 Å². The van der Waals surface area contributed by atoms with E-state index in [2.05, 4.69) is 60.8 Å². The number of aryl methyl sites for hydroxylation is 2. The Kier molecular flexibility index (Phi) is 7.72. The summed E-state index contributed by atoms with van der Waals surface area (Å²) in [6.45, 7) is 11.1. The Morgan fingerprint density at radius 1 is 1.33 bits per heavy atom. The molecule has 2 heterocycles. The summed E-state index contributed by atoms with van der Waals surface area (Å²) < 4.78 is 0. The highest BCUT2D eigenvalue weighted by molar-refractivity contribution is 7.11. The van der Waals surface area contributed by atoms with E-state index in [0.717, 1.165) is 44.1 Å². The van der Waals surface area contributed by atoms with Crippen LogP contribution < -0.4 is 10.6 Å². The van der Waals surface area contributed by atoms with Crippen LogP contribution in [0.5, 0.6) is 0 Å². The van der Waals surface area contributed by atoms with Gasteiger partial charge in [0.05, 0.1) is 10.7 Å². The quantitative estimate of drug-likeness (QED) is 0.553. The molecule has 0 amide bonds. The average Bonchev–Trinajstić information content (AvgIpc) is 3.15. The Morgan fingerprint density at radius 3 is 2.79 bits per heavy atom. The Balaban J connectivity index is 1.79. The number of rotatable bonds is 8. The molecule has 0 aliphatic rings. The average molecular weight is 365 g/mol. The van der Waals surface area contributed by atoms with Crippen LogP contribution in [0.2, 0.25) is 0 Å². The smallest absolute Gasteiger partial charge is 0.191 e. The summed E-state index contributed by atoms with van der Waals surface area (Å²) in [7, 11) is 0. The number of hydrogen-bond acceptors (Lipinski definition) is 4. The lowest BCUT2D eigenvalue weighted by atomic mass is 10.1. The molecule has 0 radical (unpaired) electrons. The number of guanidine groups is 1. The van der Waals surface area contributed by atoms with Crippen molar-refractivity contribution >= 4 is 28.6 Å². The van der Waals surface area contributed by atoms with E-state index >= 15 is 0 Å². The van der Waals surface area contributed by atoms with Crippen molar-refractivity contribution in [3.8, 4) is 0 Å². The second-order valence-electron chi connectivity index (χ2n) is 6.03. The number of hydrogen-bond donors (Lipinski definition) is 2. The molecule has 0 saturated heterocycles. The number of nitrogens with zero attached hydrogens (tertiary/aromatic N) is 2. The predicted molar refractivity (Wildman–Crippen MR) is 106 cm³/mol. The maximum absolute atomic E-state index is 4.73. The van der Waals surface area contributed by atoms with Gasteiger partial charge in [0.2, 0.25) is 0 Å². The maximum Gasteiger partial charge on any atom is 0.191 e. The minimum Gasteiger partial charge on any atom is -0.357 e. The Labute approximate surface area is 153 Å². The van der Waals surface area contributed by atoms with E-state index in [1.165, 1.54) is 14.8 Å². The molecule has 1 unspecified atom stereocenters. The normalized spacial score (nSPS) is 13.1. The van der Waals surface area contributed by atoms with Gasteiger partial charge in [-0.3, -0.25) is 4.99 Å². The van der Waals surface area contributed by atoms with Crippen molar-refractivity contribution in [3.05, 3.63) is 38.0 Å². The molecule has 6 heteroatoms. The zero-order valence-electron chi connectivity index (χ0n) is 15.1. The molecule has 0 aromatic carbocycles. The first-order valence-corrected chi connectivity index (χ1v) is 10.3. The predicted octanol–water partition coefficient (Wildman–Crippen LogP) is 3.80. The fraction of sp³-hybridized carbons (Fsp3) is 0.556. The van der Waals surface area contributed by atoms with Crippen LogP contribution in [0.4, 0.5) is 0 Å². The molecule has 4 nitrogen and oxygen atoms in total. The van der Waals surface area contributed by atoms with Gasteiger partial charge in [-0.2, -0.15) is 0 Å². The molecule has 1 atom stereocenters. The molecule has 2 aromatic heterocycles. The molecule has 0 saturated carbocycles. The lowest BCUT2D eigenvalue weighted by Gasteiger charge is -2.12. The Hall–Kier alpha value is -1.40. The van der Waals surface area contributed by atoms with Gasteiger partial charge < -0.3 is 10.6 Å². The van der Waals surface area contributed by atoms with Crippen molar-refractivity contribution in [1.82, 2.24) is 15.6 Å². The van der Waals surface area contributed by atoms with Crippen molar-refractivity contribution in [2.24, 2.45) is 10.9 Å². The minimum atomic E-state index is 0.545. The highest BCUT2D eigenvalue weighted by atomic mass is 32.1. The Bertz CT molecular complexity index is 612. The molecule has 0 spiro atoms. The highest BCUT2D eigenvalue weighted by Crippen LogP contribution is 2.16. The number of thiazole rings is 1. The molecule has 0 aliphatic heterocycles. The number of thiophene rings is 1. The summed E-state index contributed by atoms with van der Waals surface area (Å²) in [5.41, 5.74) is 1.15. The molecule has 132 valence electrons. The van der Waals surface area contributed by atoms with Crippen molar-refractivity contribution < 1.29 is 0 Å². The van der Waals surface area contributed by atoms with Crippen LogP contribution in [0.25, 0.3) is 0 Å². The van der Waals surface area contributed by atoms with Gasteiger partial charge in [0.1, 0.15) is 0 Å². The van der Waals surface area contributed by atoms with E-state index in [0.29, 0.717) is 5.92 Å². The fourth-order valence-corrected chi connectivity index (χ4v) is 4.16. The standard InChI is InChI=1S/C18H28N4S2/c1-5-19-18(20-9-8-17-22-14(3)15(4)24-17)21-12-13(2)11-16-7-6-10-23-16/h6-7,10,13H,5,8-9,11-12H2,1-4H3,(H2,19,20,21). The summed E-state index contributed by atoms with van der Waals surface area (Å²) in [6, 6.07) is 4.32. The lowest BCUT2D eigenvalue weighted by Crippen LogP contribution is -2.38. The summed E-state index contributed by atoms with van der Waals surface area (Å²) in [6.07, 6.45) is 2.03. The van der Waals surface area contributed by atoms with Crippen LogP contribution in [0, 0.1) is 19.8 Å². The molecule has 0 aliphatic carbocycles. The minimum absolute atomic E-state index is 0.545. The van der Waals surface area contributed by atoms with E-state index in [1.54, 1.807) is 11.3 Å². The summed E-state index contributed by atoms with van der Waals surface area (Å²) in [5, 5.41) is 10.1. The van der Waals surface area contributed by atoms with E-state index in [-0.39, 0.29) is 0 Å². The van der Waals surface area contributed by atoms with Gasteiger partial charge in [-0.15, -0.1) is 22.7 Å². The third-order valence-corrected chi connectivity index (χ3v) is 5.77. The third kappa shape index (κ3) is 6.24. The third-order valence-electron chi connectivity index (χ3n) is 3.74. The van der Waals surface area contributed by atoms with Crippen molar-refractivity contribution in [1.29, 1.82) is 0 Å².